The molecule has 0 saturated heterocycles. The molecule has 0 unspecified atom stereocenters. The first kappa shape index (κ1) is 24.8. The summed E-state index contributed by atoms with van der Waals surface area (Å²) in [7, 11) is 3.12. The van der Waals surface area contributed by atoms with Crippen LogP contribution in [0.1, 0.15) is 35.6 Å². The van der Waals surface area contributed by atoms with Crippen LogP contribution in [-0.2, 0) is 17.6 Å². The van der Waals surface area contributed by atoms with Crippen molar-refractivity contribution in [2.75, 3.05) is 24.9 Å². The number of hydrogen-bond donors (Lipinski definition) is 3. The van der Waals surface area contributed by atoms with Crippen molar-refractivity contribution in [1.29, 1.82) is 0 Å². The monoisotopic (exact) mass is 486 g/mol. The van der Waals surface area contributed by atoms with Crippen LogP contribution < -0.4 is 20.1 Å². The number of H-pyrrole nitrogens is 1. The SMILES string of the molecule is COc1cc(NC(=O)c2ccc3nc(CCc4ccc(NC(=O)C(C)C)cc4)[nH]c3c2)cc(OC)c1. The van der Waals surface area contributed by atoms with Crippen molar-refractivity contribution in [3.05, 3.63) is 77.6 Å². The van der Waals surface area contributed by atoms with E-state index in [1.165, 1.54) is 0 Å². The summed E-state index contributed by atoms with van der Waals surface area (Å²) in [6, 6.07) is 18.4. The number of methoxy groups -OCH3 is 2. The quantitative estimate of drug-likeness (QED) is 0.301. The van der Waals surface area contributed by atoms with Gasteiger partial charge in [-0.05, 0) is 42.3 Å². The van der Waals surface area contributed by atoms with E-state index in [0.717, 1.165) is 41.0 Å². The number of aromatic amines is 1. The Bertz CT molecular complexity index is 1350. The number of imidazole rings is 1. The molecule has 8 nitrogen and oxygen atoms in total. The summed E-state index contributed by atoms with van der Waals surface area (Å²) < 4.78 is 10.5. The van der Waals surface area contributed by atoms with Crippen molar-refractivity contribution >= 4 is 34.2 Å². The Balaban J connectivity index is 1.40. The minimum absolute atomic E-state index is 0.00120. The molecule has 4 rings (SSSR count). The van der Waals surface area contributed by atoms with Crippen LogP contribution in [0.4, 0.5) is 11.4 Å². The predicted molar refractivity (Wildman–Crippen MR) is 141 cm³/mol. The molecule has 0 spiro atoms. The lowest BCUT2D eigenvalue weighted by molar-refractivity contribution is -0.118. The highest BCUT2D eigenvalue weighted by molar-refractivity contribution is 6.06. The number of anilines is 2. The Kier molecular flexibility index (Phi) is 7.53. The highest BCUT2D eigenvalue weighted by atomic mass is 16.5. The van der Waals surface area contributed by atoms with Gasteiger partial charge in [0.1, 0.15) is 17.3 Å². The van der Waals surface area contributed by atoms with E-state index in [1.54, 1.807) is 44.6 Å². The number of benzene rings is 3. The lowest BCUT2D eigenvalue weighted by Crippen LogP contribution is -2.17. The molecule has 1 aromatic heterocycles. The first-order valence-corrected chi connectivity index (χ1v) is 11.8. The molecule has 8 heteroatoms. The van der Waals surface area contributed by atoms with Gasteiger partial charge in [-0.25, -0.2) is 4.98 Å². The van der Waals surface area contributed by atoms with E-state index in [4.69, 9.17) is 9.47 Å². The molecule has 0 aliphatic carbocycles. The average molecular weight is 487 g/mol. The molecule has 186 valence electrons. The maximum atomic E-state index is 12.9. The molecule has 2 amide bonds. The average Bonchev–Trinajstić information content (AvgIpc) is 3.30. The van der Waals surface area contributed by atoms with Crippen LogP contribution in [0.5, 0.6) is 11.5 Å². The van der Waals surface area contributed by atoms with Crippen molar-refractivity contribution in [2.45, 2.75) is 26.7 Å². The fourth-order valence-electron chi connectivity index (χ4n) is 3.71. The second-order valence-corrected chi connectivity index (χ2v) is 8.81. The fourth-order valence-corrected chi connectivity index (χ4v) is 3.71. The van der Waals surface area contributed by atoms with E-state index >= 15 is 0 Å². The van der Waals surface area contributed by atoms with E-state index in [2.05, 4.69) is 20.6 Å². The van der Waals surface area contributed by atoms with E-state index in [1.807, 2.05) is 44.2 Å². The molecule has 36 heavy (non-hydrogen) atoms. The van der Waals surface area contributed by atoms with Gasteiger partial charge in [0, 0.05) is 47.5 Å². The lowest BCUT2D eigenvalue weighted by atomic mass is 10.1. The standard InChI is InChI=1S/C28H30N4O4/c1-17(2)27(33)29-20-9-5-18(6-10-20)7-12-26-31-24-11-8-19(13-25(24)32-26)28(34)30-21-14-22(35-3)16-23(15-21)36-4/h5-6,8-11,13-17H,7,12H2,1-4H3,(H,29,33)(H,30,34)(H,31,32). The zero-order valence-corrected chi connectivity index (χ0v) is 20.8. The third-order valence-electron chi connectivity index (χ3n) is 5.80. The smallest absolute Gasteiger partial charge is 0.255 e. The third kappa shape index (κ3) is 6.02. The van der Waals surface area contributed by atoms with Crippen LogP contribution >= 0.6 is 0 Å². The van der Waals surface area contributed by atoms with Crippen LogP contribution in [0, 0.1) is 5.92 Å². The van der Waals surface area contributed by atoms with Gasteiger partial charge in [0.2, 0.25) is 5.91 Å². The maximum Gasteiger partial charge on any atom is 0.255 e. The molecule has 3 N–H and O–H groups in total. The van der Waals surface area contributed by atoms with Gasteiger partial charge in [0.05, 0.1) is 25.3 Å². The maximum absolute atomic E-state index is 12.9. The summed E-state index contributed by atoms with van der Waals surface area (Å²) in [4.78, 5) is 32.7. The Morgan fingerprint density at radius 2 is 1.56 bits per heavy atom. The van der Waals surface area contributed by atoms with Crippen molar-refractivity contribution in [3.63, 3.8) is 0 Å². The summed E-state index contributed by atoms with van der Waals surface area (Å²) in [5.41, 5.74) is 4.63. The zero-order chi connectivity index (χ0) is 25.7. The lowest BCUT2D eigenvalue weighted by Gasteiger charge is -2.10. The second kappa shape index (κ2) is 10.9. The van der Waals surface area contributed by atoms with Gasteiger partial charge in [0.25, 0.3) is 5.91 Å². The van der Waals surface area contributed by atoms with Crippen LogP contribution in [0.25, 0.3) is 11.0 Å². The first-order valence-electron chi connectivity index (χ1n) is 11.8. The molecule has 0 bridgehead atoms. The Morgan fingerprint density at radius 1 is 0.861 bits per heavy atom. The molecule has 0 radical (unpaired) electrons. The molecule has 0 atom stereocenters. The number of ether oxygens (including phenoxy) is 2. The fraction of sp³-hybridized carbons (Fsp3) is 0.250. The summed E-state index contributed by atoms with van der Waals surface area (Å²) in [6.45, 7) is 3.73. The normalized spacial score (nSPS) is 10.9. The Morgan fingerprint density at radius 3 is 2.19 bits per heavy atom. The number of rotatable bonds is 9. The number of hydrogen-bond acceptors (Lipinski definition) is 5. The Hall–Kier alpha value is -4.33. The first-order chi connectivity index (χ1) is 17.3. The molecule has 1 heterocycles. The minimum atomic E-state index is -0.243. The minimum Gasteiger partial charge on any atom is -0.497 e. The molecule has 3 aromatic carbocycles. The molecule has 4 aromatic rings. The number of carbonyl (C=O) groups excluding carboxylic acids is 2. The predicted octanol–water partition coefficient (Wildman–Crippen LogP) is 5.21. The summed E-state index contributed by atoms with van der Waals surface area (Å²) in [6.07, 6.45) is 1.51. The highest BCUT2D eigenvalue weighted by Crippen LogP contribution is 2.26. The van der Waals surface area contributed by atoms with Gasteiger partial charge >= 0.3 is 0 Å². The third-order valence-corrected chi connectivity index (χ3v) is 5.80. The zero-order valence-electron chi connectivity index (χ0n) is 20.8. The molecule has 0 aliphatic rings. The van der Waals surface area contributed by atoms with Crippen LogP contribution in [0.2, 0.25) is 0 Å². The van der Waals surface area contributed by atoms with Crippen LogP contribution in [0.15, 0.2) is 60.7 Å². The van der Waals surface area contributed by atoms with Crippen LogP contribution in [-0.4, -0.2) is 36.0 Å². The van der Waals surface area contributed by atoms with Gasteiger partial charge in [-0.3, -0.25) is 9.59 Å². The number of fused-ring (bicyclic) bond motifs is 1. The summed E-state index contributed by atoms with van der Waals surface area (Å²) in [5, 5.41) is 5.79. The molecule has 0 saturated carbocycles. The van der Waals surface area contributed by atoms with Crippen molar-refractivity contribution in [1.82, 2.24) is 9.97 Å². The molecule has 0 fully saturated rings. The van der Waals surface area contributed by atoms with Gasteiger partial charge in [-0.15, -0.1) is 0 Å². The number of aromatic nitrogens is 2. The topological polar surface area (TPSA) is 105 Å². The molecular weight excluding hydrogens is 456 g/mol. The highest BCUT2D eigenvalue weighted by Gasteiger charge is 2.12. The number of amides is 2. The number of carbonyl (C=O) groups is 2. The Labute approximate surface area is 210 Å². The van der Waals surface area contributed by atoms with Gasteiger partial charge in [0.15, 0.2) is 0 Å². The molecular formula is C28H30N4O4. The summed E-state index contributed by atoms with van der Waals surface area (Å²) >= 11 is 0. The van der Waals surface area contributed by atoms with Crippen molar-refractivity contribution in [2.24, 2.45) is 5.92 Å². The number of nitrogens with one attached hydrogen (secondary N) is 3. The van der Waals surface area contributed by atoms with Crippen molar-refractivity contribution in [3.8, 4) is 11.5 Å². The van der Waals surface area contributed by atoms with Gasteiger partial charge in [-0.2, -0.15) is 0 Å². The van der Waals surface area contributed by atoms with E-state index in [0.29, 0.717) is 22.7 Å². The van der Waals surface area contributed by atoms with Crippen LogP contribution in [0.3, 0.4) is 0 Å². The van der Waals surface area contributed by atoms with E-state index in [9.17, 15) is 9.59 Å². The number of nitrogens with zero attached hydrogens (tertiary/aromatic N) is 1. The van der Waals surface area contributed by atoms with Gasteiger partial charge < -0.3 is 25.1 Å². The largest absolute Gasteiger partial charge is 0.497 e. The van der Waals surface area contributed by atoms with Crippen molar-refractivity contribution < 1.29 is 19.1 Å². The molecule has 0 aliphatic heterocycles. The summed E-state index contributed by atoms with van der Waals surface area (Å²) in [5.74, 6) is 1.72. The second-order valence-electron chi connectivity index (χ2n) is 8.81. The number of aryl methyl sites for hydroxylation is 2. The van der Waals surface area contributed by atoms with E-state index in [-0.39, 0.29) is 17.7 Å². The van der Waals surface area contributed by atoms with Gasteiger partial charge in [-0.1, -0.05) is 26.0 Å². The van der Waals surface area contributed by atoms with E-state index < -0.39 is 0 Å².